The monoisotopic (exact) mass is 430 g/mol. The van der Waals surface area contributed by atoms with Crippen LogP contribution in [0.25, 0.3) is 17.3 Å². The predicted octanol–water partition coefficient (Wildman–Crippen LogP) is 6.97. The van der Waals surface area contributed by atoms with Crippen LogP contribution in [-0.4, -0.2) is 10.9 Å². The van der Waals surface area contributed by atoms with Crippen LogP contribution in [0.3, 0.4) is 0 Å². The highest BCUT2D eigenvalue weighted by atomic mass is 35.5. The number of carbonyl (C=O) groups excluding carboxylic acids is 1. The Morgan fingerprint density at radius 3 is 2.61 bits per heavy atom. The van der Waals surface area contributed by atoms with E-state index in [2.05, 4.69) is 48.4 Å². The first-order chi connectivity index (χ1) is 13.4. The molecule has 1 N–H and O–H groups in total. The van der Waals surface area contributed by atoms with E-state index in [4.69, 9.17) is 23.2 Å². The molecular formula is C22H20Cl2N2OS. The zero-order valence-electron chi connectivity index (χ0n) is 15.6. The predicted molar refractivity (Wildman–Crippen MR) is 120 cm³/mol. The van der Waals surface area contributed by atoms with Crippen LogP contribution >= 0.6 is 34.5 Å². The van der Waals surface area contributed by atoms with Crippen LogP contribution in [0.5, 0.6) is 0 Å². The molecule has 0 aliphatic rings. The number of hydrogen-bond acceptors (Lipinski definition) is 3. The highest BCUT2D eigenvalue weighted by Crippen LogP contribution is 2.26. The number of anilines is 1. The number of halogens is 2. The summed E-state index contributed by atoms with van der Waals surface area (Å²) in [5.74, 6) is 0.363. The molecule has 1 heterocycles. The normalized spacial score (nSPS) is 11.3. The van der Waals surface area contributed by atoms with Gasteiger partial charge in [0.25, 0.3) is 0 Å². The lowest BCUT2D eigenvalue weighted by atomic mass is 10.0. The number of nitrogens with one attached hydrogen (secondary N) is 1. The maximum Gasteiger partial charge on any atom is 0.250 e. The van der Waals surface area contributed by atoms with E-state index in [1.165, 1.54) is 23.0 Å². The molecule has 6 heteroatoms. The van der Waals surface area contributed by atoms with Gasteiger partial charge < -0.3 is 0 Å². The van der Waals surface area contributed by atoms with Crippen LogP contribution in [-0.2, 0) is 11.2 Å². The first kappa shape index (κ1) is 20.6. The van der Waals surface area contributed by atoms with Crippen molar-refractivity contribution in [2.24, 2.45) is 5.92 Å². The van der Waals surface area contributed by atoms with Crippen molar-refractivity contribution < 1.29 is 4.79 Å². The van der Waals surface area contributed by atoms with Gasteiger partial charge in [0.15, 0.2) is 5.13 Å². The topological polar surface area (TPSA) is 42.0 Å². The first-order valence-corrected chi connectivity index (χ1v) is 10.5. The van der Waals surface area contributed by atoms with Gasteiger partial charge in [-0.1, -0.05) is 67.4 Å². The van der Waals surface area contributed by atoms with Crippen molar-refractivity contribution in [1.82, 2.24) is 4.98 Å². The second-order valence-corrected chi connectivity index (χ2v) is 8.52. The van der Waals surface area contributed by atoms with E-state index in [0.717, 1.165) is 23.2 Å². The zero-order chi connectivity index (χ0) is 20.1. The third kappa shape index (κ3) is 5.68. The lowest BCUT2D eigenvalue weighted by Crippen LogP contribution is -2.07. The van der Waals surface area contributed by atoms with Crippen LogP contribution in [0.1, 0.15) is 25.0 Å². The SMILES string of the molecule is CC(C)Cc1ccc(-c2csc(NC(=O)/C=C/c3ccc(Cl)cc3Cl)n2)cc1. The Bertz CT molecular complexity index is 994. The molecule has 3 aromatic rings. The molecule has 3 nitrogen and oxygen atoms in total. The summed E-state index contributed by atoms with van der Waals surface area (Å²) in [6.07, 6.45) is 4.13. The molecule has 28 heavy (non-hydrogen) atoms. The van der Waals surface area contributed by atoms with Crippen molar-refractivity contribution in [1.29, 1.82) is 0 Å². The lowest BCUT2D eigenvalue weighted by molar-refractivity contribution is -0.111. The molecule has 0 saturated heterocycles. The third-order valence-electron chi connectivity index (χ3n) is 4.00. The summed E-state index contributed by atoms with van der Waals surface area (Å²) in [7, 11) is 0. The summed E-state index contributed by atoms with van der Waals surface area (Å²) in [6.45, 7) is 4.41. The van der Waals surface area contributed by atoms with Crippen LogP contribution in [0.4, 0.5) is 5.13 Å². The van der Waals surface area contributed by atoms with Gasteiger partial charge >= 0.3 is 0 Å². The molecule has 144 valence electrons. The molecule has 2 aromatic carbocycles. The van der Waals surface area contributed by atoms with E-state index in [1.807, 2.05) is 5.38 Å². The molecule has 0 radical (unpaired) electrons. The van der Waals surface area contributed by atoms with Gasteiger partial charge in [0, 0.05) is 27.1 Å². The molecule has 0 atom stereocenters. The second-order valence-electron chi connectivity index (χ2n) is 6.82. The minimum atomic E-state index is -0.265. The van der Waals surface area contributed by atoms with E-state index >= 15 is 0 Å². The Kier molecular flexibility index (Phi) is 6.89. The summed E-state index contributed by atoms with van der Waals surface area (Å²) >= 11 is 13.4. The van der Waals surface area contributed by atoms with Crippen molar-refractivity contribution in [3.05, 3.63) is 75.1 Å². The largest absolute Gasteiger partial charge is 0.298 e. The van der Waals surface area contributed by atoms with Crippen molar-refractivity contribution in [2.45, 2.75) is 20.3 Å². The fourth-order valence-electron chi connectivity index (χ4n) is 2.70. The number of carbonyl (C=O) groups is 1. The third-order valence-corrected chi connectivity index (χ3v) is 5.32. The van der Waals surface area contributed by atoms with Crippen molar-refractivity contribution in [2.75, 3.05) is 5.32 Å². The second kappa shape index (κ2) is 9.37. The molecule has 1 amide bonds. The fraction of sp³-hybridized carbons (Fsp3) is 0.182. The molecule has 0 unspecified atom stereocenters. The summed E-state index contributed by atoms with van der Waals surface area (Å²) in [5, 5.41) is 6.32. The molecule has 0 bridgehead atoms. The summed E-state index contributed by atoms with van der Waals surface area (Å²) < 4.78 is 0. The van der Waals surface area contributed by atoms with Gasteiger partial charge in [-0.3, -0.25) is 10.1 Å². The van der Waals surface area contributed by atoms with E-state index in [1.54, 1.807) is 24.3 Å². The van der Waals surface area contributed by atoms with E-state index in [0.29, 0.717) is 21.1 Å². The summed E-state index contributed by atoms with van der Waals surface area (Å²) in [6, 6.07) is 13.5. The maximum absolute atomic E-state index is 12.2. The lowest BCUT2D eigenvalue weighted by Gasteiger charge is -2.05. The number of benzene rings is 2. The van der Waals surface area contributed by atoms with E-state index in [-0.39, 0.29) is 5.91 Å². The molecule has 0 saturated carbocycles. The molecule has 3 rings (SSSR count). The average molecular weight is 431 g/mol. The maximum atomic E-state index is 12.2. The number of amides is 1. The number of thiazole rings is 1. The number of nitrogens with zero attached hydrogens (tertiary/aromatic N) is 1. The highest BCUT2D eigenvalue weighted by Gasteiger charge is 2.07. The smallest absolute Gasteiger partial charge is 0.250 e. The van der Waals surface area contributed by atoms with Crippen molar-refractivity contribution in [3.63, 3.8) is 0 Å². The molecule has 1 aromatic heterocycles. The van der Waals surface area contributed by atoms with Gasteiger partial charge in [-0.15, -0.1) is 11.3 Å². The number of rotatable bonds is 6. The minimum Gasteiger partial charge on any atom is -0.298 e. The Morgan fingerprint density at radius 2 is 1.93 bits per heavy atom. The first-order valence-electron chi connectivity index (χ1n) is 8.89. The zero-order valence-corrected chi connectivity index (χ0v) is 17.9. The van der Waals surface area contributed by atoms with Gasteiger partial charge in [0.05, 0.1) is 5.69 Å². The molecular weight excluding hydrogens is 411 g/mol. The van der Waals surface area contributed by atoms with E-state index < -0.39 is 0 Å². The van der Waals surface area contributed by atoms with Crippen LogP contribution in [0.2, 0.25) is 10.0 Å². The van der Waals surface area contributed by atoms with Gasteiger partial charge in [-0.05, 0) is 41.7 Å². The van der Waals surface area contributed by atoms with Gasteiger partial charge in [-0.2, -0.15) is 0 Å². The fourth-order valence-corrected chi connectivity index (χ4v) is 3.89. The molecule has 0 aliphatic carbocycles. The van der Waals surface area contributed by atoms with Gasteiger partial charge in [0.2, 0.25) is 5.91 Å². The standard InChI is InChI=1S/C22H20Cl2N2OS/c1-14(2)11-15-3-5-17(6-4-15)20-13-28-22(25-20)26-21(27)10-8-16-7-9-18(23)12-19(16)24/h3-10,12-14H,11H2,1-2H3,(H,25,26,27)/b10-8+. The number of aromatic nitrogens is 1. The molecule has 0 spiro atoms. The molecule has 0 aliphatic heterocycles. The Balaban J connectivity index is 1.63. The Labute approximate surface area is 179 Å². The minimum absolute atomic E-state index is 0.265. The van der Waals surface area contributed by atoms with Crippen LogP contribution < -0.4 is 5.32 Å². The Hall–Kier alpha value is -2.14. The van der Waals surface area contributed by atoms with Crippen molar-refractivity contribution >= 4 is 51.7 Å². The van der Waals surface area contributed by atoms with E-state index in [9.17, 15) is 4.79 Å². The van der Waals surface area contributed by atoms with Crippen LogP contribution in [0, 0.1) is 5.92 Å². The highest BCUT2D eigenvalue weighted by molar-refractivity contribution is 7.14. The average Bonchev–Trinajstić information content (AvgIpc) is 3.09. The quantitative estimate of drug-likeness (QED) is 0.429. The number of hydrogen-bond donors (Lipinski definition) is 1. The Morgan fingerprint density at radius 1 is 1.18 bits per heavy atom. The van der Waals surface area contributed by atoms with Gasteiger partial charge in [-0.25, -0.2) is 4.98 Å². The van der Waals surface area contributed by atoms with Crippen molar-refractivity contribution in [3.8, 4) is 11.3 Å². The molecule has 0 fully saturated rings. The summed E-state index contributed by atoms with van der Waals surface area (Å²) in [4.78, 5) is 16.7. The van der Waals surface area contributed by atoms with Gasteiger partial charge in [0.1, 0.15) is 0 Å². The summed E-state index contributed by atoms with van der Waals surface area (Å²) in [5.41, 5.74) is 3.92. The van der Waals surface area contributed by atoms with Crippen LogP contribution in [0.15, 0.2) is 53.9 Å².